The van der Waals surface area contributed by atoms with Gasteiger partial charge in [-0.25, -0.2) is 4.79 Å². The van der Waals surface area contributed by atoms with Gasteiger partial charge in [0.05, 0.1) is 11.6 Å². The zero-order chi connectivity index (χ0) is 20.5. The number of halogens is 3. The molecule has 152 valence electrons. The average molecular weight is 395 g/mol. The monoisotopic (exact) mass is 395 g/mol. The SMILES string of the molecule is CC(C)(C)OC(=O)NCc1ccc(-c2cc3n(n2)CCC(C(F)(F)F)C3)cc1. The summed E-state index contributed by atoms with van der Waals surface area (Å²) in [5, 5.41) is 7.13. The predicted octanol–water partition coefficient (Wildman–Crippen LogP) is 4.70. The highest BCUT2D eigenvalue weighted by Crippen LogP contribution is 2.35. The van der Waals surface area contributed by atoms with E-state index in [9.17, 15) is 18.0 Å². The Hall–Kier alpha value is -2.51. The summed E-state index contributed by atoms with van der Waals surface area (Å²) in [6.07, 6.45) is -4.63. The molecule has 0 bridgehead atoms. The van der Waals surface area contributed by atoms with Gasteiger partial charge in [0.15, 0.2) is 0 Å². The van der Waals surface area contributed by atoms with Crippen LogP contribution in [-0.2, 0) is 24.2 Å². The van der Waals surface area contributed by atoms with E-state index >= 15 is 0 Å². The van der Waals surface area contributed by atoms with Gasteiger partial charge in [-0.05, 0) is 38.8 Å². The molecule has 28 heavy (non-hydrogen) atoms. The second-order valence-electron chi connectivity index (χ2n) is 8.03. The fourth-order valence-corrected chi connectivity index (χ4v) is 3.15. The Morgan fingerprint density at radius 2 is 1.93 bits per heavy atom. The van der Waals surface area contributed by atoms with Gasteiger partial charge >= 0.3 is 12.3 Å². The van der Waals surface area contributed by atoms with Crippen molar-refractivity contribution < 1.29 is 22.7 Å². The predicted molar refractivity (Wildman–Crippen MR) is 98.6 cm³/mol. The molecule has 0 aliphatic carbocycles. The van der Waals surface area contributed by atoms with E-state index < -0.39 is 23.8 Å². The van der Waals surface area contributed by atoms with Gasteiger partial charge in [0.25, 0.3) is 0 Å². The third kappa shape index (κ3) is 5.05. The number of hydrogen-bond acceptors (Lipinski definition) is 3. The van der Waals surface area contributed by atoms with Crippen LogP contribution in [0.3, 0.4) is 0 Å². The topological polar surface area (TPSA) is 56.1 Å². The number of nitrogens with one attached hydrogen (secondary N) is 1. The van der Waals surface area contributed by atoms with E-state index in [-0.39, 0.29) is 19.4 Å². The number of rotatable bonds is 3. The molecule has 8 heteroatoms. The number of benzene rings is 1. The van der Waals surface area contributed by atoms with Crippen LogP contribution in [0, 0.1) is 5.92 Å². The van der Waals surface area contributed by atoms with E-state index in [1.807, 2.05) is 24.3 Å². The molecular formula is C20H24F3N3O2. The smallest absolute Gasteiger partial charge is 0.407 e. The Morgan fingerprint density at radius 3 is 2.54 bits per heavy atom. The number of alkyl carbamates (subject to hydrolysis) is 1. The standard InChI is InChI=1S/C20H24F3N3O2/c1-19(2,3)28-18(27)24-12-13-4-6-14(7-5-13)17-11-16-10-15(20(21,22)23)8-9-26(16)25-17/h4-7,11,15H,8-10,12H2,1-3H3,(H,24,27). The van der Waals surface area contributed by atoms with Crippen LogP contribution in [0.15, 0.2) is 30.3 Å². The fraction of sp³-hybridized carbons (Fsp3) is 0.500. The number of aryl methyl sites for hydroxylation is 1. The molecule has 5 nitrogen and oxygen atoms in total. The number of nitrogens with zero attached hydrogens (tertiary/aromatic N) is 2. The maximum absolute atomic E-state index is 13.0. The lowest BCUT2D eigenvalue weighted by Crippen LogP contribution is -2.32. The Kier molecular flexibility index (Phi) is 5.41. The van der Waals surface area contributed by atoms with Crippen molar-refractivity contribution in [2.24, 2.45) is 5.92 Å². The molecule has 1 aromatic heterocycles. The Balaban J connectivity index is 1.63. The van der Waals surface area contributed by atoms with Gasteiger partial charge in [-0.2, -0.15) is 18.3 Å². The van der Waals surface area contributed by atoms with Gasteiger partial charge < -0.3 is 10.1 Å². The van der Waals surface area contributed by atoms with Crippen molar-refractivity contribution in [3.63, 3.8) is 0 Å². The first-order chi connectivity index (χ1) is 13.0. The first kappa shape index (κ1) is 20.2. The summed E-state index contributed by atoms with van der Waals surface area (Å²) in [6.45, 7) is 5.98. The lowest BCUT2D eigenvalue weighted by Gasteiger charge is -2.25. The normalized spacial score (nSPS) is 17.1. The highest BCUT2D eigenvalue weighted by atomic mass is 19.4. The summed E-state index contributed by atoms with van der Waals surface area (Å²) < 4.78 is 45.7. The third-order valence-corrected chi connectivity index (χ3v) is 4.56. The number of carbonyl (C=O) groups is 1. The third-order valence-electron chi connectivity index (χ3n) is 4.56. The summed E-state index contributed by atoms with van der Waals surface area (Å²) in [5.74, 6) is -1.30. The number of ether oxygens (including phenoxy) is 1. The van der Waals surface area contributed by atoms with Gasteiger partial charge in [0.1, 0.15) is 5.60 Å². The molecule has 0 saturated carbocycles. The summed E-state index contributed by atoms with van der Waals surface area (Å²) in [6, 6.07) is 9.13. The molecule has 1 aliphatic heterocycles. The van der Waals surface area contributed by atoms with Crippen LogP contribution < -0.4 is 5.32 Å². The first-order valence-electron chi connectivity index (χ1n) is 9.21. The lowest BCUT2D eigenvalue weighted by molar-refractivity contribution is -0.179. The van der Waals surface area contributed by atoms with Crippen LogP contribution in [0.4, 0.5) is 18.0 Å². The van der Waals surface area contributed by atoms with E-state index in [0.29, 0.717) is 17.9 Å². The van der Waals surface area contributed by atoms with Gasteiger partial charge in [0.2, 0.25) is 0 Å². The maximum Gasteiger partial charge on any atom is 0.407 e. The van der Waals surface area contributed by atoms with Crippen molar-refractivity contribution in [3.8, 4) is 11.3 Å². The molecule has 1 atom stereocenters. The van der Waals surface area contributed by atoms with Crippen LogP contribution >= 0.6 is 0 Å². The molecule has 0 saturated heterocycles. The van der Waals surface area contributed by atoms with E-state index in [1.165, 1.54) is 0 Å². The minimum atomic E-state index is -4.17. The van der Waals surface area contributed by atoms with Crippen LogP contribution in [0.1, 0.15) is 38.4 Å². The molecule has 1 aliphatic rings. The minimum absolute atomic E-state index is 0.0333. The van der Waals surface area contributed by atoms with Crippen molar-refractivity contribution in [1.29, 1.82) is 0 Å². The maximum atomic E-state index is 13.0. The molecular weight excluding hydrogens is 371 g/mol. The molecule has 3 rings (SSSR count). The molecule has 2 aromatic rings. The van der Waals surface area contributed by atoms with Crippen molar-refractivity contribution in [2.75, 3.05) is 0 Å². The van der Waals surface area contributed by atoms with Gasteiger partial charge in [-0.3, -0.25) is 4.68 Å². The van der Waals surface area contributed by atoms with Crippen molar-refractivity contribution in [3.05, 3.63) is 41.6 Å². The lowest BCUT2D eigenvalue weighted by atomic mass is 9.95. The average Bonchev–Trinajstić information content (AvgIpc) is 3.01. The van der Waals surface area contributed by atoms with Crippen LogP contribution in [0.2, 0.25) is 0 Å². The molecule has 1 N–H and O–H groups in total. The Bertz CT molecular complexity index is 836. The van der Waals surface area contributed by atoms with Gasteiger partial charge in [-0.15, -0.1) is 0 Å². The quantitative estimate of drug-likeness (QED) is 0.820. The summed E-state index contributed by atoms with van der Waals surface area (Å²) in [7, 11) is 0. The zero-order valence-corrected chi connectivity index (χ0v) is 16.1. The van der Waals surface area contributed by atoms with Crippen LogP contribution in [-0.4, -0.2) is 27.7 Å². The Morgan fingerprint density at radius 1 is 1.25 bits per heavy atom. The summed E-state index contributed by atoms with van der Waals surface area (Å²) in [4.78, 5) is 11.7. The van der Waals surface area contributed by atoms with E-state index in [1.54, 1.807) is 31.5 Å². The molecule has 0 fully saturated rings. The van der Waals surface area contributed by atoms with Crippen LogP contribution in [0.5, 0.6) is 0 Å². The number of hydrogen-bond donors (Lipinski definition) is 1. The number of amides is 1. The van der Waals surface area contributed by atoms with E-state index in [0.717, 1.165) is 11.1 Å². The number of fused-ring (bicyclic) bond motifs is 1. The van der Waals surface area contributed by atoms with E-state index in [4.69, 9.17) is 4.74 Å². The molecule has 1 amide bonds. The highest BCUT2D eigenvalue weighted by molar-refractivity contribution is 5.67. The van der Waals surface area contributed by atoms with Crippen molar-refractivity contribution in [2.45, 2.75) is 58.5 Å². The fourth-order valence-electron chi connectivity index (χ4n) is 3.15. The van der Waals surface area contributed by atoms with Gasteiger partial charge in [0, 0.05) is 30.8 Å². The second-order valence-corrected chi connectivity index (χ2v) is 8.03. The van der Waals surface area contributed by atoms with E-state index in [2.05, 4.69) is 10.4 Å². The number of carbonyl (C=O) groups excluding carboxylic acids is 1. The number of aromatic nitrogens is 2. The van der Waals surface area contributed by atoms with Crippen molar-refractivity contribution in [1.82, 2.24) is 15.1 Å². The second kappa shape index (κ2) is 7.48. The largest absolute Gasteiger partial charge is 0.444 e. The molecule has 2 heterocycles. The first-order valence-corrected chi connectivity index (χ1v) is 9.21. The molecule has 1 unspecified atom stereocenters. The Labute approximate surface area is 161 Å². The summed E-state index contributed by atoms with van der Waals surface area (Å²) >= 11 is 0. The molecule has 1 aromatic carbocycles. The van der Waals surface area contributed by atoms with Gasteiger partial charge in [-0.1, -0.05) is 24.3 Å². The molecule has 0 radical (unpaired) electrons. The summed E-state index contributed by atoms with van der Waals surface area (Å²) in [5.41, 5.74) is 2.42. The molecule has 0 spiro atoms. The van der Waals surface area contributed by atoms with Crippen molar-refractivity contribution >= 4 is 6.09 Å². The zero-order valence-electron chi connectivity index (χ0n) is 16.1. The van der Waals surface area contributed by atoms with Crippen LogP contribution in [0.25, 0.3) is 11.3 Å². The highest BCUT2D eigenvalue weighted by Gasteiger charge is 2.41. The number of alkyl halides is 3. The minimum Gasteiger partial charge on any atom is -0.444 e.